The molecule has 0 radical (unpaired) electrons. The van der Waals surface area contributed by atoms with Crippen LogP contribution in [0.15, 0.2) is 0 Å². The highest BCUT2D eigenvalue weighted by Gasteiger charge is 2.42. The Labute approximate surface area is 106 Å². The first-order valence-corrected chi connectivity index (χ1v) is 6.15. The zero-order chi connectivity index (χ0) is 13.2. The normalized spacial score (nSPS) is 16.6. The second-order valence-corrected chi connectivity index (χ2v) is 5.03. The molecular formula is C12H20N4O2. The number of rotatable bonds is 6. The third kappa shape index (κ3) is 2.64. The third-order valence-electron chi connectivity index (χ3n) is 3.62. The van der Waals surface area contributed by atoms with Gasteiger partial charge in [-0.1, -0.05) is 0 Å². The molecule has 1 saturated carbocycles. The predicted molar refractivity (Wildman–Crippen MR) is 68.2 cm³/mol. The number of carbonyl (C=O) groups excluding carboxylic acids is 1. The van der Waals surface area contributed by atoms with Crippen LogP contribution in [0.1, 0.15) is 35.3 Å². The molecule has 2 rings (SSSR count). The first-order chi connectivity index (χ1) is 8.58. The fraction of sp³-hybridized carbons (Fsp3) is 0.667. The highest BCUT2D eigenvalue weighted by Crippen LogP contribution is 2.48. The monoisotopic (exact) mass is 252 g/mol. The Morgan fingerprint density at radius 2 is 2.33 bits per heavy atom. The molecule has 1 fully saturated rings. The summed E-state index contributed by atoms with van der Waals surface area (Å²) in [5, 5.41) is 9.47. The van der Waals surface area contributed by atoms with Crippen molar-refractivity contribution < 1.29 is 9.53 Å². The van der Waals surface area contributed by atoms with E-state index in [0.29, 0.717) is 17.8 Å². The van der Waals surface area contributed by atoms with Crippen molar-refractivity contribution in [2.45, 2.75) is 26.2 Å². The van der Waals surface area contributed by atoms with Gasteiger partial charge in [-0.2, -0.15) is 5.10 Å². The number of nitrogens with zero attached hydrogens (tertiary/aromatic N) is 1. The summed E-state index contributed by atoms with van der Waals surface area (Å²) in [6, 6.07) is 0. The Morgan fingerprint density at radius 3 is 2.83 bits per heavy atom. The second-order valence-electron chi connectivity index (χ2n) is 5.03. The smallest absolute Gasteiger partial charge is 0.256 e. The number of amides is 1. The summed E-state index contributed by atoms with van der Waals surface area (Å²) >= 11 is 0. The number of hydrogen-bond acceptors (Lipinski definition) is 4. The Bertz CT molecular complexity index is 418. The summed E-state index contributed by atoms with van der Waals surface area (Å²) in [6.45, 7) is 3.21. The van der Waals surface area contributed by atoms with Gasteiger partial charge >= 0.3 is 0 Å². The first-order valence-electron chi connectivity index (χ1n) is 6.15. The number of nitrogens with two attached hydrogens (primary N) is 1. The molecule has 1 amide bonds. The number of nitrogen functional groups attached to an aromatic ring is 1. The minimum Gasteiger partial charge on any atom is -0.385 e. The molecular weight excluding hydrogens is 232 g/mol. The fourth-order valence-corrected chi connectivity index (χ4v) is 2.10. The van der Waals surface area contributed by atoms with Gasteiger partial charge in [-0.05, 0) is 31.6 Å². The lowest BCUT2D eigenvalue weighted by Crippen LogP contribution is -2.31. The molecule has 4 N–H and O–H groups in total. The van der Waals surface area contributed by atoms with Gasteiger partial charge in [0.25, 0.3) is 5.91 Å². The second kappa shape index (κ2) is 4.97. The van der Waals surface area contributed by atoms with Crippen LogP contribution in [0.3, 0.4) is 0 Å². The molecule has 0 bridgehead atoms. The van der Waals surface area contributed by atoms with E-state index in [4.69, 9.17) is 10.5 Å². The van der Waals surface area contributed by atoms with Crippen molar-refractivity contribution in [1.29, 1.82) is 0 Å². The van der Waals surface area contributed by atoms with Gasteiger partial charge < -0.3 is 15.8 Å². The molecule has 1 aromatic rings. The average Bonchev–Trinajstić information content (AvgIpc) is 3.05. The van der Waals surface area contributed by atoms with Crippen LogP contribution in [0.4, 0.5) is 5.82 Å². The fourth-order valence-electron chi connectivity index (χ4n) is 2.10. The van der Waals surface area contributed by atoms with Gasteiger partial charge in [-0.15, -0.1) is 0 Å². The van der Waals surface area contributed by atoms with E-state index >= 15 is 0 Å². The molecule has 6 heteroatoms. The summed E-state index contributed by atoms with van der Waals surface area (Å²) in [7, 11) is 1.70. The Kier molecular flexibility index (Phi) is 3.56. The first kappa shape index (κ1) is 12.9. The molecule has 1 aromatic heterocycles. The molecule has 0 unspecified atom stereocenters. The number of carbonyl (C=O) groups is 1. The largest absolute Gasteiger partial charge is 0.385 e. The van der Waals surface area contributed by atoms with Crippen LogP contribution >= 0.6 is 0 Å². The minimum absolute atomic E-state index is 0.151. The van der Waals surface area contributed by atoms with Crippen molar-refractivity contribution in [3.63, 3.8) is 0 Å². The lowest BCUT2D eigenvalue weighted by molar-refractivity contribution is 0.0938. The predicted octanol–water partition coefficient (Wildman–Crippen LogP) is 0.847. The van der Waals surface area contributed by atoms with Gasteiger partial charge in [0, 0.05) is 26.0 Å². The van der Waals surface area contributed by atoms with E-state index < -0.39 is 0 Å². The number of ether oxygens (including phenoxy) is 1. The molecule has 0 saturated heterocycles. The maximum absolute atomic E-state index is 12.0. The Balaban J connectivity index is 1.89. The molecule has 0 atom stereocenters. The number of aromatic nitrogens is 2. The van der Waals surface area contributed by atoms with Gasteiger partial charge in [0.1, 0.15) is 5.56 Å². The third-order valence-corrected chi connectivity index (χ3v) is 3.62. The average molecular weight is 252 g/mol. The molecule has 6 nitrogen and oxygen atoms in total. The summed E-state index contributed by atoms with van der Waals surface area (Å²) in [5.74, 6) is 0.106. The topological polar surface area (TPSA) is 93.0 Å². The number of anilines is 1. The molecule has 100 valence electrons. The summed E-state index contributed by atoms with van der Waals surface area (Å²) < 4.78 is 5.09. The zero-order valence-electron chi connectivity index (χ0n) is 10.9. The Hall–Kier alpha value is -1.56. The van der Waals surface area contributed by atoms with Gasteiger partial charge in [0.15, 0.2) is 5.82 Å². The number of hydrogen-bond donors (Lipinski definition) is 3. The molecule has 1 heterocycles. The van der Waals surface area contributed by atoms with Crippen molar-refractivity contribution >= 4 is 11.7 Å². The van der Waals surface area contributed by atoms with E-state index in [2.05, 4.69) is 15.5 Å². The molecule has 0 aliphatic heterocycles. The van der Waals surface area contributed by atoms with E-state index in [1.807, 2.05) is 0 Å². The summed E-state index contributed by atoms with van der Waals surface area (Å²) in [5.41, 5.74) is 7.05. The summed E-state index contributed by atoms with van der Waals surface area (Å²) in [6.07, 6.45) is 3.29. The van der Waals surface area contributed by atoms with Crippen molar-refractivity contribution in [2.75, 3.05) is 26.0 Å². The van der Waals surface area contributed by atoms with Crippen LogP contribution in [-0.2, 0) is 4.74 Å². The van der Waals surface area contributed by atoms with E-state index in [-0.39, 0.29) is 17.1 Å². The van der Waals surface area contributed by atoms with E-state index in [1.54, 1.807) is 14.0 Å². The van der Waals surface area contributed by atoms with Crippen molar-refractivity contribution in [1.82, 2.24) is 15.5 Å². The maximum atomic E-state index is 12.0. The number of H-pyrrole nitrogens is 1. The SMILES string of the molecule is COCCC1(CNC(=O)c2c(N)n[nH]c2C)CC1. The lowest BCUT2D eigenvalue weighted by Gasteiger charge is -2.15. The standard InChI is InChI=1S/C12H20N4O2/c1-8-9(10(13)16-15-8)11(17)14-7-12(3-4-12)5-6-18-2/h3-7H2,1-2H3,(H,14,17)(H3,13,15,16). The van der Waals surface area contributed by atoms with Gasteiger partial charge in [-0.25, -0.2) is 0 Å². The zero-order valence-corrected chi connectivity index (χ0v) is 10.9. The molecule has 18 heavy (non-hydrogen) atoms. The van der Waals surface area contributed by atoms with E-state index in [1.165, 1.54) is 0 Å². The van der Waals surface area contributed by atoms with Gasteiger partial charge in [0.05, 0.1) is 0 Å². The maximum Gasteiger partial charge on any atom is 0.256 e. The summed E-state index contributed by atoms with van der Waals surface area (Å²) in [4.78, 5) is 12.0. The number of methoxy groups -OCH3 is 1. The molecule has 0 aromatic carbocycles. The van der Waals surface area contributed by atoms with Gasteiger partial charge in [-0.3, -0.25) is 9.89 Å². The van der Waals surface area contributed by atoms with E-state index in [0.717, 1.165) is 25.9 Å². The molecule has 1 aliphatic carbocycles. The Morgan fingerprint density at radius 1 is 1.61 bits per heavy atom. The highest BCUT2D eigenvalue weighted by molar-refractivity contribution is 5.99. The van der Waals surface area contributed by atoms with Crippen molar-refractivity contribution in [3.8, 4) is 0 Å². The molecule has 1 aliphatic rings. The number of aromatic amines is 1. The van der Waals surface area contributed by atoms with Crippen molar-refractivity contribution in [3.05, 3.63) is 11.3 Å². The van der Waals surface area contributed by atoms with Crippen LogP contribution in [0.5, 0.6) is 0 Å². The van der Waals surface area contributed by atoms with Crippen LogP contribution in [0.25, 0.3) is 0 Å². The van der Waals surface area contributed by atoms with Crippen LogP contribution in [-0.4, -0.2) is 36.4 Å². The van der Waals surface area contributed by atoms with Crippen LogP contribution in [0.2, 0.25) is 0 Å². The lowest BCUT2D eigenvalue weighted by atomic mass is 10.0. The van der Waals surface area contributed by atoms with E-state index in [9.17, 15) is 4.79 Å². The highest BCUT2D eigenvalue weighted by atomic mass is 16.5. The number of nitrogens with one attached hydrogen (secondary N) is 2. The quantitative estimate of drug-likeness (QED) is 0.699. The van der Waals surface area contributed by atoms with Crippen LogP contribution in [0, 0.1) is 12.3 Å². The van der Waals surface area contributed by atoms with Gasteiger partial charge in [0.2, 0.25) is 0 Å². The number of aryl methyl sites for hydroxylation is 1. The molecule has 0 spiro atoms. The van der Waals surface area contributed by atoms with Crippen LogP contribution < -0.4 is 11.1 Å². The van der Waals surface area contributed by atoms with Crippen molar-refractivity contribution in [2.24, 2.45) is 5.41 Å². The minimum atomic E-state index is -0.151.